The monoisotopic (exact) mass is 371 g/mol. The molecule has 0 spiro atoms. The second-order valence-electron chi connectivity index (χ2n) is 6.05. The molecule has 2 aromatic carbocycles. The van der Waals surface area contributed by atoms with Gasteiger partial charge in [-0.25, -0.2) is 13.4 Å². The lowest BCUT2D eigenvalue weighted by atomic mass is 10.2. The van der Waals surface area contributed by atoms with E-state index in [1.165, 1.54) is 15.9 Å². The van der Waals surface area contributed by atoms with Gasteiger partial charge in [-0.3, -0.25) is 9.36 Å². The first-order chi connectivity index (χ1) is 12.4. The maximum Gasteiger partial charge on any atom is 0.261 e. The Kier molecular flexibility index (Phi) is 4.93. The lowest BCUT2D eigenvalue weighted by Gasteiger charge is -2.26. The number of rotatable bonds is 5. The fourth-order valence-electron chi connectivity index (χ4n) is 2.94. The van der Waals surface area contributed by atoms with Crippen molar-refractivity contribution in [2.24, 2.45) is 0 Å². The van der Waals surface area contributed by atoms with Crippen molar-refractivity contribution in [1.29, 1.82) is 0 Å². The highest BCUT2D eigenvalue weighted by Gasteiger charge is 2.29. The Hall–Kier alpha value is -2.51. The number of fused-ring (bicyclic) bond motifs is 1. The molecule has 0 aliphatic carbocycles. The SMILES string of the molecule is CCn1c(C(C)N(C)S(=O)(=O)c2ccccc2)nc2ccccc2c1=O. The zero-order valence-electron chi connectivity index (χ0n) is 15.0. The van der Waals surface area contributed by atoms with Crippen molar-refractivity contribution in [3.63, 3.8) is 0 Å². The van der Waals surface area contributed by atoms with Crippen LogP contribution < -0.4 is 5.56 Å². The summed E-state index contributed by atoms with van der Waals surface area (Å²) in [6.07, 6.45) is 0. The van der Waals surface area contributed by atoms with Gasteiger partial charge in [-0.1, -0.05) is 30.3 Å². The number of hydrogen-bond donors (Lipinski definition) is 0. The summed E-state index contributed by atoms with van der Waals surface area (Å²) in [7, 11) is -2.19. The molecule has 1 heterocycles. The summed E-state index contributed by atoms with van der Waals surface area (Å²) in [4.78, 5) is 17.6. The zero-order chi connectivity index (χ0) is 18.9. The van der Waals surface area contributed by atoms with E-state index < -0.39 is 16.1 Å². The molecule has 0 N–H and O–H groups in total. The van der Waals surface area contributed by atoms with Gasteiger partial charge in [-0.05, 0) is 38.1 Å². The van der Waals surface area contributed by atoms with Crippen molar-refractivity contribution in [2.45, 2.75) is 31.3 Å². The first-order valence-corrected chi connectivity index (χ1v) is 9.84. The van der Waals surface area contributed by atoms with Crippen LogP contribution in [-0.2, 0) is 16.6 Å². The molecular formula is C19H21N3O3S. The molecule has 26 heavy (non-hydrogen) atoms. The fraction of sp³-hybridized carbons (Fsp3) is 0.263. The van der Waals surface area contributed by atoms with Gasteiger partial charge in [-0.15, -0.1) is 0 Å². The largest absolute Gasteiger partial charge is 0.295 e. The Morgan fingerprint density at radius 1 is 1.08 bits per heavy atom. The fourth-order valence-corrected chi connectivity index (χ4v) is 4.28. The highest BCUT2D eigenvalue weighted by Crippen LogP contribution is 2.25. The molecule has 136 valence electrons. The minimum atomic E-state index is -3.70. The van der Waals surface area contributed by atoms with Gasteiger partial charge in [0.2, 0.25) is 10.0 Å². The summed E-state index contributed by atoms with van der Waals surface area (Å²) in [5, 5.41) is 0.527. The highest BCUT2D eigenvalue weighted by atomic mass is 32.2. The normalized spacial score (nSPS) is 13.2. The number of para-hydroxylation sites is 1. The van der Waals surface area contributed by atoms with Crippen LogP contribution in [0, 0.1) is 0 Å². The van der Waals surface area contributed by atoms with Crippen LogP contribution in [0.3, 0.4) is 0 Å². The molecule has 0 radical (unpaired) electrons. The van der Waals surface area contributed by atoms with E-state index in [0.29, 0.717) is 23.3 Å². The van der Waals surface area contributed by atoms with Crippen LogP contribution in [0.15, 0.2) is 64.3 Å². The Morgan fingerprint density at radius 2 is 1.69 bits per heavy atom. The summed E-state index contributed by atoms with van der Waals surface area (Å²) < 4.78 is 28.6. The third kappa shape index (κ3) is 3.04. The second-order valence-corrected chi connectivity index (χ2v) is 8.04. The van der Waals surface area contributed by atoms with Crippen molar-refractivity contribution in [3.05, 3.63) is 70.8 Å². The summed E-state index contributed by atoms with van der Waals surface area (Å²) in [6.45, 7) is 4.00. The summed E-state index contributed by atoms with van der Waals surface area (Å²) in [5.41, 5.74) is 0.403. The number of nitrogens with zero attached hydrogens (tertiary/aromatic N) is 3. The summed E-state index contributed by atoms with van der Waals surface area (Å²) in [5.74, 6) is 0.429. The number of sulfonamides is 1. The van der Waals surface area contributed by atoms with Gasteiger partial charge in [0.05, 0.1) is 21.8 Å². The van der Waals surface area contributed by atoms with Crippen molar-refractivity contribution < 1.29 is 8.42 Å². The summed E-state index contributed by atoms with van der Waals surface area (Å²) in [6, 6.07) is 14.7. The van der Waals surface area contributed by atoms with Crippen LogP contribution in [-0.4, -0.2) is 29.3 Å². The van der Waals surface area contributed by atoms with E-state index >= 15 is 0 Å². The van der Waals surface area contributed by atoms with E-state index in [0.717, 1.165) is 0 Å². The Morgan fingerprint density at radius 3 is 2.35 bits per heavy atom. The molecule has 1 aromatic heterocycles. The first kappa shape index (κ1) is 18.3. The van der Waals surface area contributed by atoms with E-state index in [-0.39, 0.29) is 10.5 Å². The van der Waals surface area contributed by atoms with Crippen LogP contribution in [0.25, 0.3) is 10.9 Å². The molecule has 6 nitrogen and oxygen atoms in total. The molecule has 0 amide bonds. The van der Waals surface area contributed by atoms with Crippen molar-refractivity contribution >= 4 is 20.9 Å². The van der Waals surface area contributed by atoms with Gasteiger partial charge >= 0.3 is 0 Å². The van der Waals surface area contributed by atoms with E-state index in [1.54, 1.807) is 55.5 Å². The first-order valence-electron chi connectivity index (χ1n) is 8.40. The highest BCUT2D eigenvalue weighted by molar-refractivity contribution is 7.89. The van der Waals surface area contributed by atoms with E-state index in [9.17, 15) is 13.2 Å². The predicted molar refractivity (Wildman–Crippen MR) is 101 cm³/mol. The lowest BCUT2D eigenvalue weighted by Crippen LogP contribution is -2.35. The smallest absolute Gasteiger partial charge is 0.261 e. The van der Waals surface area contributed by atoms with Crippen molar-refractivity contribution in [3.8, 4) is 0 Å². The number of aromatic nitrogens is 2. The molecule has 0 bridgehead atoms. The van der Waals surface area contributed by atoms with Gasteiger partial charge in [0.1, 0.15) is 5.82 Å². The average molecular weight is 371 g/mol. The predicted octanol–water partition coefficient (Wildman–Crippen LogP) is 2.80. The Labute approximate surface area is 152 Å². The molecule has 0 saturated heterocycles. The Bertz CT molecular complexity index is 1090. The topological polar surface area (TPSA) is 72.3 Å². The second kappa shape index (κ2) is 7.01. The van der Waals surface area contributed by atoms with Crippen LogP contribution >= 0.6 is 0 Å². The molecule has 1 atom stereocenters. The molecule has 0 aliphatic rings. The average Bonchev–Trinajstić information content (AvgIpc) is 2.67. The minimum Gasteiger partial charge on any atom is -0.295 e. The van der Waals surface area contributed by atoms with Crippen molar-refractivity contribution in [1.82, 2.24) is 13.9 Å². The quantitative estimate of drug-likeness (QED) is 0.691. The standard InChI is InChI=1S/C19H21N3O3S/c1-4-22-18(20-17-13-9-8-12-16(17)19(22)23)14(2)21(3)26(24,25)15-10-6-5-7-11-15/h5-14H,4H2,1-3H3. The van der Waals surface area contributed by atoms with Crippen LogP contribution in [0.4, 0.5) is 0 Å². The van der Waals surface area contributed by atoms with E-state index in [2.05, 4.69) is 4.98 Å². The molecule has 0 fully saturated rings. The Balaban J connectivity index is 2.13. The van der Waals surface area contributed by atoms with Crippen LogP contribution in [0.1, 0.15) is 25.7 Å². The molecule has 0 saturated carbocycles. The summed E-state index contributed by atoms with van der Waals surface area (Å²) >= 11 is 0. The molecule has 1 unspecified atom stereocenters. The van der Waals surface area contributed by atoms with Gasteiger partial charge in [0.15, 0.2) is 0 Å². The maximum absolute atomic E-state index is 12.9. The van der Waals surface area contributed by atoms with Crippen LogP contribution in [0.2, 0.25) is 0 Å². The zero-order valence-corrected chi connectivity index (χ0v) is 15.8. The molecule has 3 aromatic rings. The lowest BCUT2D eigenvalue weighted by molar-refractivity contribution is 0.370. The number of benzene rings is 2. The van der Waals surface area contributed by atoms with Crippen molar-refractivity contribution in [2.75, 3.05) is 7.05 Å². The minimum absolute atomic E-state index is 0.162. The molecule has 3 rings (SSSR count). The van der Waals surface area contributed by atoms with Crippen LogP contribution in [0.5, 0.6) is 0 Å². The van der Waals surface area contributed by atoms with Gasteiger partial charge in [0, 0.05) is 13.6 Å². The van der Waals surface area contributed by atoms with Gasteiger partial charge < -0.3 is 0 Å². The van der Waals surface area contributed by atoms with Gasteiger partial charge in [0.25, 0.3) is 5.56 Å². The third-order valence-corrected chi connectivity index (χ3v) is 6.49. The number of hydrogen-bond acceptors (Lipinski definition) is 4. The molecular weight excluding hydrogens is 350 g/mol. The van der Waals surface area contributed by atoms with E-state index in [1.807, 2.05) is 13.0 Å². The maximum atomic E-state index is 12.9. The third-order valence-electron chi connectivity index (χ3n) is 4.55. The van der Waals surface area contributed by atoms with Gasteiger partial charge in [-0.2, -0.15) is 4.31 Å². The molecule has 0 aliphatic heterocycles. The van der Waals surface area contributed by atoms with E-state index in [4.69, 9.17) is 0 Å². The molecule has 7 heteroatoms.